The molecule has 1 fully saturated rings. The molecular weight excluding hydrogens is 390 g/mol. The van der Waals surface area contributed by atoms with Crippen molar-refractivity contribution in [2.45, 2.75) is 57.4 Å². The van der Waals surface area contributed by atoms with E-state index in [1.165, 1.54) is 4.31 Å². The first-order chi connectivity index (χ1) is 13.8. The van der Waals surface area contributed by atoms with Crippen molar-refractivity contribution in [3.63, 3.8) is 0 Å². The van der Waals surface area contributed by atoms with E-state index in [9.17, 15) is 8.42 Å². The van der Waals surface area contributed by atoms with E-state index >= 15 is 0 Å². The summed E-state index contributed by atoms with van der Waals surface area (Å²) in [5, 5.41) is 8.51. The molecule has 0 amide bonds. The summed E-state index contributed by atoms with van der Waals surface area (Å²) in [4.78, 5) is 4.69. The van der Waals surface area contributed by atoms with Gasteiger partial charge in [-0.2, -0.15) is 14.4 Å². The maximum atomic E-state index is 13.6. The van der Waals surface area contributed by atoms with Gasteiger partial charge in [-0.25, -0.2) is 13.1 Å². The maximum absolute atomic E-state index is 13.6. The van der Waals surface area contributed by atoms with Crippen molar-refractivity contribution in [2.24, 2.45) is 0 Å². The van der Waals surface area contributed by atoms with Crippen LogP contribution >= 0.6 is 0 Å². The molecular formula is C20H25N5O3S. The van der Waals surface area contributed by atoms with E-state index in [0.29, 0.717) is 36.1 Å². The summed E-state index contributed by atoms with van der Waals surface area (Å²) in [6.45, 7) is 7.88. The molecule has 0 aliphatic carbocycles. The minimum atomic E-state index is -3.77. The lowest BCUT2D eigenvalue weighted by Crippen LogP contribution is -2.31. The Kier molecular flexibility index (Phi) is 5.04. The Morgan fingerprint density at radius 1 is 1.17 bits per heavy atom. The van der Waals surface area contributed by atoms with Crippen molar-refractivity contribution in [1.29, 1.82) is 0 Å². The number of hydrogen-bond acceptors (Lipinski definition) is 6. The van der Waals surface area contributed by atoms with Crippen molar-refractivity contribution in [1.82, 2.24) is 24.2 Å². The van der Waals surface area contributed by atoms with Crippen molar-refractivity contribution in [2.75, 3.05) is 6.54 Å². The topological polar surface area (TPSA) is 94.1 Å². The summed E-state index contributed by atoms with van der Waals surface area (Å²) in [5.41, 5.74) is 1.89. The SMILES string of the molecule is Cc1nn(-c2ccccc2)c(C)c1S(=O)(=O)N1CCC[C@H]1c1nc(C(C)C)no1. The number of benzene rings is 1. The molecule has 9 heteroatoms. The molecule has 0 saturated carbocycles. The summed E-state index contributed by atoms with van der Waals surface area (Å²) in [5.74, 6) is 1.07. The first-order valence-electron chi connectivity index (χ1n) is 9.77. The van der Waals surface area contributed by atoms with E-state index in [-0.39, 0.29) is 10.8 Å². The monoisotopic (exact) mass is 415 g/mol. The third-order valence-electron chi connectivity index (χ3n) is 5.25. The summed E-state index contributed by atoms with van der Waals surface area (Å²) in [6, 6.07) is 9.08. The molecule has 1 aliphatic heterocycles. The second-order valence-electron chi connectivity index (χ2n) is 7.67. The van der Waals surface area contributed by atoms with Crippen molar-refractivity contribution >= 4 is 10.0 Å². The molecule has 0 radical (unpaired) electrons. The zero-order valence-corrected chi connectivity index (χ0v) is 17.8. The fraction of sp³-hybridized carbons (Fsp3) is 0.450. The zero-order chi connectivity index (χ0) is 20.8. The van der Waals surface area contributed by atoms with Gasteiger partial charge in [-0.15, -0.1) is 0 Å². The zero-order valence-electron chi connectivity index (χ0n) is 17.0. The van der Waals surface area contributed by atoms with Crippen LogP contribution in [0.4, 0.5) is 0 Å². The lowest BCUT2D eigenvalue weighted by Gasteiger charge is -2.21. The predicted octanol–water partition coefficient (Wildman–Crippen LogP) is 3.52. The van der Waals surface area contributed by atoms with Gasteiger partial charge in [-0.1, -0.05) is 37.2 Å². The lowest BCUT2D eigenvalue weighted by molar-refractivity contribution is 0.288. The number of rotatable bonds is 5. The molecule has 2 aromatic heterocycles. The highest BCUT2D eigenvalue weighted by molar-refractivity contribution is 7.89. The van der Waals surface area contributed by atoms with E-state index in [4.69, 9.17) is 4.52 Å². The van der Waals surface area contributed by atoms with Crippen LogP contribution in [-0.2, 0) is 10.0 Å². The van der Waals surface area contributed by atoms with Crippen LogP contribution in [0.1, 0.15) is 61.8 Å². The summed E-state index contributed by atoms with van der Waals surface area (Å²) < 4.78 is 35.8. The third-order valence-corrected chi connectivity index (χ3v) is 7.42. The normalized spacial score (nSPS) is 18.0. The standard InChI is InChI=1S/C20H25N5O3S/c1-13(2)19-21-20(28-23-19)17-11-8-12-24(17)29(26,27)18-14(3)22-25(15(18)4)16-9-6-5-7-10-16/h5-7,9-10,13,17H,8,11-12H2,1-4H3/t17-/m0/s1. The molecule has 154 valence electrons. The number of nitrogens with zero attached hydrogens (tertiary/aromatic N) is 5. The smallest absolute Gasteiger partial charge is 0.247 e. The van der Waals surface area contributed by atoms with E-state index in [1.54, 1.807) is 18.5 Å². The highest BCUT2D eigenvalue weighted by atomic mass is 32.2. The van der Waals surface area contributed by atoms with Gasteiger partial charge in [-0.3, -0.25) is 0 Å². The highest BCUT2D eigenvalue weighted by Crippen LogP contribution is 2.38. The highest BCUT2D eigenvalue weighted by Gasteiger charge is 2.41. The van der Waals surface area contributed by atoms with Crippen LogP contribution in [0.25, 0.3) is 5.69 Å². The summed E-state index contributed by atoms with van der Waals surface area (Å²) in [6.07, 6.45) is 1.40. The Balaban J connectivity index is 1.74. The largest absolute Gasteiger partial charge is 0.338 e. The van der Waals surface area contributed by atoms with Gasteiger partial charge in [0, 0.05) is 12.5 Å². The molecule has 3 aromatic rings. The fourth-order valence-corrected chi connectivity index (χ4v) is 5.84. The van der Waals surface area contributed by atoms with Gasteiger partial charge in [0.25, 0.3) is 0 Å². The Morgan fingerprint density at radius 3 is 2.55 bits per heavy atom. The molecule has 0 bridgehead atoms. The Labute approximate surface area is 170 Å². The van der Waals surface area contributed by atoms with E-state index in [0.717, 1.165) is 12.1 Å². The molecule has 1 atom stereocenters. The van der Waals surface area contributed by atoms with Crippen LogP contribution in [0.2, 0.25) is 0 Å². The van der Waals surface area contributed by atoms with Gasteiger partial charge in [0.05, 0.1) is 17.1 Å². The second-order valence-corrected chi connectivity index (χ2v) is 9.49. The number of sulfonamides is 1. The third kappa shape index (κ3) is 3.38. The second kappa shape index (κ2) is 7.38. The van der Waals surface area contributed by atoms with Crippen molar-refractivity contribution in [3.05, 3.63) is 53.4 Å². The molecule has 1 saturated heterocycles. The number of aryl methyl sites for hydroxylation is 1. The van der Waals surface area contributed by atoms with Gasteiger partial charge in [-0.05, 0) is 38.8 Å². The van der Waals surface area contributed by atoms with Crippen LogP contribution < -0.4 is 0 Å². The Bertz CT molecular complexity index is 1120. The first kappa shape index (κ1) is 19.8. The number of aromatic nitrogens is 4. The molecule has 1 aromatic carbocycles. The molecule has 0 spiro atoms. The predicted molar refractivity (Wildman–Crippen MR) is 107 cm³/mol. The van der Waals surface area contributed by atoms with E-state index in [1.807, 2.05) is 44.2 Å². The first-order valence-corrected chi connectivity index (χ1v) is 11.2. The minimum absolute atomic E-state index is 0.118. The van der Waals surface area contributed by atoms with E-state index < -0.39 is 16.1 Å². The molecule has 3 heterocycles. The van der Waals surface area contributed by atoms with Crippen LogP contribution in [0.15, 0.2) is 39.8 Å². The molecule has 0 N–H and O–H groups in total. The van der Waals surface area contributed by atoms with Crippen LogP contribution in [0.3, 0.4) is 0 Å². The van der Waals surface area contributed by atoms with Gasteiger partial charge in [0.2, 0.25) is 15.9 Å². The summed E-state index contributed by atoms with van der Waals surface area (Å²) >= 11 is 0. The van der Waals surface area contributed by atoms with Crippen LogP contribution in [-0.4, -0.2) is 39.2 Å². The average molecular weight is 416 g/mol. The molecule has 8 nitrogen and oxygen atoms in total. The van der Waals surface area contributed by atoms with Crippen molar-refractivity contribution in [3.8, 4) is 5.69 Å². The van der Waals surface area contributed by atoms with Crippen LogP contribution in [0, 0.1) is 13.8 Å². The van der Waals surface area contributed by atoms with Gasteiger partial charge < -0.3 is 4.52 Å². The quantitative estimate of drug-likeness (QED) is 0.633. The number of hydrogen-bond donors (Lipinski definition) is 0. The molecule has 29 heavy (non-hydrogen) atoms. The number of para-hydroxylation sites is 1. The molecule has 4 rings (SSSR count). The summed E-state index contributed by atoms with van der Waals surface area (Å²) in [7, 11) is -3.77. The average Bonchev–Trinajstić information content (AvgIpc) is 3.40. The molecule has 0 unspecified atom stereocenters. The van der Waals surface area contributed by atoms with Crippen molar-refractivity contribution < 1.29 is 12.9 Å². The lowest BCUT2D eigenvalue weighted by atomic mass is 10.2. The fourth-order valence-electron chi connectivity index (χ4n) is 3.83. The Morgan fingerprint density at radius 2 is 1.90 bits per heavy atom. The maximum Gasteiger partial charge on any atom is 0.247 e. The van der Waals surface area contributed by atoms with Gasteiger partial charge >= 0.3 is 0 Å². The minimum Gasteiger partial charge on any atom is -0.338 e. The van der Waals surface area contributed by atoms with Gasteiger partial charge in [0.1, 0.15) is 10.9 Å². The Hall–Kier alpha value is -2.52. The van der Waals surface area contributed by atoms with Crippen LogP contribution in [0.5, 0.6) is 0 Å². The molecule has 1 aliphatic rings. The van der Waals surface area contributed by atoms with Gasteiger partial charge in [0.15, 0.2) is 5.82 Å². The van der Waals surface area contributed by atoms with E-state index in [2.05, 4.69) is 15.2 Å².